The van der Waals surface area contributed by atoms with Crippen LogP contribution in [-0.2, 0) is 6.54 Å². The van der Waals surface area contributed by atoms with E-state index >= 15 is 0 Å². The second kappa shape index (κ2) is 7.19. The summed E-state index contributed by atoms with van der Waals surface area (Å²) in [6, 6.07) is 1.86. The summed E-state index contributed by atoms with van der Waals surface area (Å²) in [4.78, 5) is 13.2. The first-order valence-electron chi connectivity index (χ1n) is 6.09. The summed E-state index contributed by atoms with van der Waals surface area (Å²) >= 11 is 0. The zero-order valence-electron chi connectivity index (χ0n) is 11.1. The van der Waals surface area contributed by atoms with Gasteiger partial charge in [-0.3, -0.25) is 0 Å². The highest BCUT2D eigenvalue weighted by atomic mass is 15.3. The van der Waals surface area contributed by atoms with E-state index in [1.165, 1.54) is 0 Å². The van der Waals surface area contributed by atoms with E-state index in [1.54, 1.807) is 6.20 Å². The van der Waals surface area contributed by atoms with Crippen LogP contribution >= 0.6 is 0 Å². The van der Waals surface area contributed by atoms with Gasteiger partial charge in [-0.2, -0.15) is 0 Å². The molecular formula is C12H23N5. The molecular weight excluding hydrogens is 214 g/mol. The van der Waals surface area contributed by atoms with Crippen molar-refractivity contribution < 1.29 is 0 Å². The zero-order chi connectivity index (χ0) is 12.7. The highest BCUT2D eigenvalue weighted by Gasteiger charge is 2.09. The molecule has 0 saturated heterocycles. The smallest absolute Gasteiger partial charge is 0.225 e. The molecule has 0 aliphatic carbocycles. The molecule has 0 bridgehead atoms. The lowest BCUT2D eigenvalue weighted by molar-refractivity contribution is 0.411. The van der Waals surface area contributed by atoms with Crippen molar-refractivity contribution in [2.75, 3.05) is 38.6 Å². The minimum Gasteiger partial charge on any atom is -0.340 e. The summed E-state index contributed by atoms with van der Waals surface area (Å²) in [6.45, 7) is 5.53. The number of hydrogen-bond donors (Lipinski definition) is 1. The second-order valence-corrected chi connectivity index (χ2v) is 4.34. The van der Waals surface area contributed by atoms with Gasteiger partial charge in [-0.15, -0.1) is 0 Å². The van der Waals surface area contributed by atoms with Gasteiger partial charge in [-0.1, -0.05) is 6.92 Å². The SMILES string of the molecule is CCCN(CCN(C)C)c1nccc(CN)n1. The molecule has 0 fully saturated rings. The lowest BCUT2D eigenvalue weighted by Crippen LogP contribution is -2.33. The van der Waals surface area contributed by atoms with Gasteiger partial charge in [-0.25, -0.2) is 9.97 Å². The fourth-order valence-electron chi connectivity index (χ4n) is 1.55. The molecule has 0 spiro atoms. The van der Waals surface area contributed by atoms with Crippen molar-refractivity contribution in [1.29, 1.82) is 0 Å². The zero-order valence-corrected chi connectivity index (χ0v) is 11.1. The van der Waals surface area contributed by atoms with Crippen LogP contribution in [0.2, 0.25) is 0 Å². The molecule has 0 unspecified atom stereocenters. The number of nitrogens with zero attached hydrogens (tertiary/aromatic N) is 4. The van der Waals surface area contributed by atoms with Gasteiger partial charge in [0.2, 0.25) is 5.95 Å². The summed E-state index contributed by atoms with van der Waals surface area (Å²) in [5.41, 5.74) is 6.49. The molecule has 0 saturated carbocycles. The van der Waals surface area contributed by atoms with E-state index in [9.17, 15) is 0 Å². The van der Waals surface area contributed by atoms with Gasteiger partial charge in [0.25, 0.3) is 0 Å². The van der Waals surface area contributed by atoms with E-state index in [4.69, 9.17) is 5.73 Å². The van der Waals surface area contributed by atoms with E-state index in [-0.39, 0.29) is 0 Å². The molecule has 1 aromatic rings. The number of rotatable bonds is 7. The maximum Gasteiger partial charge on any atom is 0.225 e. The Hall–Kier alpha value is -1.20. The van der Waals surface area contributed by atoms with Crippen LogP contribution in [0.15, 0.2) is 12.3 Å². The Bertz CT molecular complexity index is 326. The number of likely N-dealkylation sites (N-methyl/N-ethyl adjacent to an activating group) is 1. The first-order valence-corrected chi connectivity index (χ1v) is 6.09. The second-order valence-electron chi connectivity index (χ2n) is 4.34. The maximum atomic E-state index is 5.60. The molecule has 17 heavy (non-hydrogen) atoms. The lowest BCUT2D eigenvalue weighted by atomic mass is 10.4. The van der Waals surface area contributed by atoms with Gasteiger partial charge in [0, 0.05) is 32.4 Å². The predicted molar refractivity (Wildman–Crippen MR) is 71.0 cm³/mol. The fraction of sp³-hybridized carbons (Fsp3) is 0.667. The average molecular weight is 237 g/mol. The lowest BCUT2D eigenvalue weighted by Gasteiger charge is -2.24. The molecule has 0 atom stereocenters. The molecule has 0 aliphatic heterocycles. The molecule has 5 heteroatoms. The van der Waals surface area contributed by atoms with Gasteiger partial charge in [0.1, 0.15) is 0 Å². The van der Waals surface area contributed by atoms with E-state index in [0.717, 1.165) is 37.7 Å². The van der Waals surface area contributed by atoms with Gasteiger partial charge in [0.15, 0.2) is 0 Å². The maximum absolute atomic E-state index is 5.60. The van der Waals surface area contributed by atoms with Gasteiger partial charge in [-0.05, 0) is 26.6 Å². The first kappa shape index (κ1) is 13.9. The summed E-state index contributed by atoms with van der Waals surface area (Å²) in [5.74, 6) is 0.789. The standard InChI is InChI=1S/C12H23N5/c1-4-7-17(9-8-16(2)3)12-14-6-5-11(10-13)15-12/h5-6H,4,7-10,13H2,1-3H3. The van der Waals surface area contributed by atoms with Crippen LogP contribution in [0.1, 0.15) is 19.0 Å². The van der Waals surface area contributed by atoms with Crippen LogP contribution in [0, 0.1) is 0 Å². The van der Waals surface area contributed by atoms with E-state index in [0.29, 0.717) is 6.54 Å². The van der Waals surface area contributed by atoms with Crippen LogP contribution in [0.5, 0.6) is 0 Å². The van der Waals surface area contributed by atoms with Crippen molar-refractivity contribution in [2.24, 2.45) is 5.73 Å². The summed E-state index contributed by atoms with van der Waals surface area (Å²) in [7, 11) is 4.14. The van der Waals surface area contributed by atoms with Crippen LogP contribution in [0.3, 0.4) is 0 Å². The molecule has 0 aliphatic rings. The molecule has 2 N–H and O–H groups in total. The first-order chi connectivity index (χ1) is 8.17. The third-order valence-electron chi connectivity index (χ3n) is 2.50. The average Bonchev–Trinajstić information content (AvgIpc) is 2.34. The molecule has 0 aromatic carbocycles. The van der Waals surface area contributed by atoms with E-state index in [2.05, 4.69) is 40.8 Å². The van der Waals surface area contributed by atoms with Gasteiger partial charge >= 0.3 is 0 Å². The summed E-state index contributed by atoms with van der Waals surface area (Å²) < 4.78 is 0. The van der Waals surface area contributed by atoms with E-state index in [1.807, 2.05) is 6.07 Å². The fourth-order valence-corrected chi connectivity index (χ4v) is 1.55. The minimum atomic E-state index is 0.461. The largest absolute Gasteiger partial charge is 0.340 e. The summed E-state index contributed by atoms with van der Waals surface area (Å²) in [6.07, 6.45) is 2.87. The molecule has 1 heterocycles. The van der Waals surface area contributed by atoms with Crippen molar-refractivity contribution in [1.82, 2.24) is 14.9 Å². The topological polar surface area (TPSA) is 58.3 Å². The third kappa shape index (κ3) is 4.66. The number of aromatic nitrogens is 2. The molecule has 0 amide bonds. The normalized spacial score (nSPS) is 10.9. The monoisotopic (exact) mass is 237 g/mol. The molecule has 1 aromatic heterocycles. The Morgan fingerprint density at radius 1 is 1.24 bits per heavy atom. The third-order valence-corrected chi connectivity index (χ3v) is 2.50. The van der Waals surface area contributed by atoms with Crippen LogP contribution in [0.4, 0.5) is 5.95 Å². The molecule has 0 radical (unpaired) electrons. The highest BCUT2D eigenvalue weighted by molar-refractivity contribution is 5.30. The van der Waals surface area contributed by atoms with Crippen LogP contribution < -0.4 is 10.6 Å². The number of anilines is 1. The quantitative estimate of drug-likeness (QED) is 0.757. The van der Waals surface area contributed by atoms with Crippen molar-refractivity contribution in [3.63, 3.8) is 0 Å². The molecule has 5 nitrogen and oxygen atoms in total. The predicted octanol–water partition coefficient (Wildman–Crippen LogP) is 0.713. The van der Waals surface area contributed by atoms with Crippen molar-refractivity contribution in [2.45, 2.75) is 19.9 Å². The Balaban J connectivity index is 2.73. The van der Waals surface area contributed by atoms with Crippen molar-refractivity contribution in [3.05, 3.63) is 18.0 Å². The summed E-state index contributed by atoms with van der Waals surface area (Å²) in [5, 5.41) is 0. The highest BCUT2D eigenvalue weighted by Crippen LogP contribution is 2.08. The van der Waals surface area contributed by atoms with Gasteiger partial charge in [0.05, 0.1) is 5.69 Å². The van der Waals surface area contributed by atoms with Gasteiger partial charge < -0.3 is 15.5 Å². The number of nitrogens with two attached hydrogens (primary N) is 1. The Morgan fingerprint density at radius 2 is 2.00 bits per heavy atom. The minimum absolute atomic E-state index is 0.461. The van der Waals surface area contributed by atoms with Crippen LogP contribution in [0.25, 0.3) is 0 Å². The van der Waals surface area contributed by atoms with E-state index < -0.39 is 0 Å². The Kier molecular flexibility index (Phi) is 5.86. The Morgan fingerprint density at radius 3 is 2.59 bits per heavy atom. The van der Waals surface area contributed by atoms with Crippen molar-refractivity contribution in [3.8, 4) is 0 Å². The Labute approximate surface area is 104 Å². The number of hydrogen-bond acceptors (Lipinski definition) is 5. The van der Waals surface area contributed by atoms with Crippen molar-refractivity contribution >= 4 is 5.95 Å². The van der Waals surface area contributed by atoms with Crippen LogP contribution in [-0.4, -0.2) is 48.6 Å². The molecule has 1 rings (SSSR count). The molecule has 96 valence electrons.